The zero-order valence-electron chi connectivity index (χ0n) is 15.2. The number of benzene rings is 2. The van der Waals surface area contributed by atoms with E-state index in [1.807, 2.05) is 0 Å². The summed E-state index contributed by atoms with van der Waals surface area (Å²) in [5.41, 5.74) is -4.29. The standard InChI is InChI=1S/C18H15F5N2O3S2/c19-14-2-1-3-15(20)16(14)30(27,28)25-10-8-24(9-11-25)17(26)12-4-6-13(7-5-12)29-18(21,22)23/h1-7H,8-11H2. The molecule has 0 aliphatic carbocycles. The van der Waals surface area contributed by atoms with Crippen LogP contribution in [0.2, 0.25) is 0 Å². The third-order valence-corrected chi connectivity index (χ3v) is 7.07. The maximum Gasteiger partial charge on any atom is 0.446 e. The van der Waals surface area contributed by atoms with Gasteiger partial charge in [-0.15, -0.1) is 0 Å². The molecule has 1 amide bonds. The van der Waals surface area contributed by atoms with E-state index in [1.54, 1.807) is 0 Å². The number of thioether (sulfide) groups is 1. The lowest BCUT2D eigenvalue weighted by atomic mass is 10.2. The van der Waals surface area contributed by atoms with Crippen molar-refractivity contribution in [1.29, 1.82) is 0 Å². The summed E-state index contributed by atoms with van der Waals surface area (Å²) in [7, 11) is -4.42. The Hall–Kier alpha value is -2.18. The molecular weight excluding hydrogens is 451 g/mol. The van der Waals surface area contributed by atoms with Gasteiger partial charge in [0.25, 0.3) is 5.91 Å². The zero-order chi connectivity index (χ0) is 22.1. The van der Waals surface area contributed by atoms with E-state index in [0.717, 1.165) is 22.5 Å². The van der Waals surface area contributed by atoms with Crippen molar-refractivity contribution in [1.82, 2.24) is 9.21 Å². The van der Waals surface area contributed by atoms with Crippen LogP contribution in [0.15, 0.2) is 52.3 Å². The Morgan fingerprint density at radius 3 is 1.93 bits per heavy atom. The summed E-state index contributed by atoms with van der Waals surface area (Å²) in [5.74, 6) is -2.89. The van der Waals surface area contributed by atoms with Crippen molar-refractivity contribution >= 4 is 27.7 Å². The average Bonchev–Trinajstić information content (AvgIpc) is 2.66. The van der Waals surface area contributed by atoms with Crippen LogP contribution in [-0.4, -0.2) is 55.2 Å². The van der Waals surface area contributed by atoms with Gasteiger partial charge in [-0.25, -0.2) is 17.2 Å². The van der Waals surface area contributed by atoms with Crippen LogP contribution < -0.4 is 0 Å². The number of halogens is 5. The first-order chi connectivity index (χ1) is 14.0. The third-order valence-electron chi connectivity index (χ3n) is 4.38. The van der Waals surface area contributed by atoms with Crippen LogP contribution in [-0.2, 0) is 10.0 Å². The maximum atomic E-state index is 13.9. The zero-order valence-corrected chi connectivity index (χ0v) is 16.8. The number of sulfonamides is 1. The lowest BCUT2D eigenvalue weighted by molar-refractivity contribution is -0.0328. The van der Waals surface area contributed by atoms with Crippen LogP contribution in [0.25, 0.3) is 0 Å². The van der Waals surface area contributed by atoms with E-state index < -0.39 is 38.0 Å². The van der Waals surface area contributed by atoms with Crippen molar-refractivity contribution in [2.45, 2.75) is 15.3 Å². The Morgan fingerprint density at radius 2 is 1.43 bits per heavy atom. The van der Waals surface area contributed by atoms with E-state index in [4.69, 9.17) is 0 Å². The Bertz CT molecular complexity index is 1010. The molecule has 1 saturated heterocycles. The number of nitrogens with zero attached hydrogens (tertiary/aromatic N) is 2. The molecule has 30 heavy (non-hydrogen) atoms. The fraction of sp³-hybridized carbons (Fsp3) is 0.278. The number of hydrogen-bond donors (Lipinski definition) is 0. The molecule has 0 bridgehead atoms. The Labute approximate surface area is 173 Å². The van der Waals surface area contributed by atoms with E-state index in [0.29, 0.717) is 0 Å². The minimum absolute atomic E-state index is 0.0345. The minimum atomic E-state index is -4.44. The van der Waals surface area contributed by atoms with Crippen LogP contribution in [0, 0.1) is 11.6 Å². The highest BCUT2D eigenvalue weighted by Gasteiger charge is 2.34. The molecule has 0 N–H and O–H groups in total. The predicted molar refractivity (Wildman–Crippen MR) is 99.4 cm³/mol. The van der Waals surface area contributed by atoms with Crippen LogP contribution >= 0.6 is 11.8 Å². The molecule has 0 atom stereocenters. The molecule has 0 unspecified atom stereocenters. The quantitative estimate of drug-likeness (QED) is 0.509. The topological polar surface area (TPSA) is 57.7 Å². The van der Waals surface area contributed by atoms with Gasteiger partial charge in [-0.2, -0.15) is 17.5 Å². The molecule has 0 spiro atoms. The molecule has 0 saturated carbocycles. The number of hydrogen-bond acceptors (Lipinski definition) is 4. The molecule has 12 heteroatoms. The highest BCUT2D eigenvalue weighted by atomic mass is 32.2. The van der Waals surface area contributed by atoms with Gasteiger partial charge in [0.05, 0.1) is 0 Å². The minimum Gasteiger partial charge on any atom is -0.336 e. The summed E-state index contributed by atoms with van der Waals surface area (Å²) in [6.07, 6.45) is 0. The van der Waals surface area contributed by atoms with E-state index in [2.05, 4.69) is 0 Å². The summed E-state index contributed by atoms with van der Waals surface area (Å²) in [6, 6.07) is 7.61. The third kappa shape index (κ3) is 4.93. The number of carbonyl (C=O) groups excluding carboxylic acids is 1. The van der Waals surface area contributed by atoms with Gasteiger partial charge in [-0.1, -0.05) is 6.07 Å². The van der Waals surface area contributed by atoms with Gasteiger partial charge in [0.15, 0.2) is 4.90 Å². The summed E-state index contributed by atoms with van der Waals surface area (Å²) in [5, 5.41) is 0. The van der Waals surface area contributed by atoms with Crippen LogP contribution in [0.1, 0.15) is 10.4 Å². The van der Waals surface area contributed by atoms with Crippen molar-refractivity contribution in [3.63, 3.8) is 0 Å². The summed E-state index contributed by atoms with van der Waals surface area (Å²) >= 11 is -0.300. The first-order valence-corrected chi connectivity index (χ1v) is 10.8. The number of alkyl halides is 3. The monoisotopic (exact) mass is 466 g/mol. The lowest BCUT2D eigenvalue weighted by Crippen LogP contribution is -2.50. The second-order valence-electron chi connectivity index (χ2n) is 6.32. The summed E-state index contributed by atoms with van der Waals surface area (Å²) < 4.78 is 91.0. The molecule has 3 rings (SSSR count). The predicted octanol–water partition coefficient (Wildman–Crippen LogP) is 3.72. The maximum absolute atomic E-state index is 13.9. The second kappa shape index (κ2) is 8.52. The molecule has 1 fully saturated rings. The Morgan fingerprint density at radius 1 is 0.900 bits per heavy atom. The number of carbonyl (C=O) groups is 1. The first-order valence-electron chi connectivity index (χ1n) is 8.58. The van der Waals surface area contributed by atoms with Crippen molar-refractivity contribution in [3.8, 4) is 0 Å². The van der Waals surface area contributed by atoms with Gasteiger partial charge in [0, 0.05) is 36.6 Å². The Balaban J connectivity index is 1.67. The highest BCUT2D eigenvalue weighted by molar-refractivity contribution is 8.00. The molecule has 1 heterocycles. The molecule has 2 aromatic carbocycles. The van der Waals surface area contributed by atoms with Crippen molar-refractivity contribution in [2.75, 3.05) is 26.2 Å². The smallest absolute Gasteiger partial charge is 0.336 e. The van der Waals surface area contributed by atoms with Gasteiger partial charge >= 0.3 is 5.51 Å². The molecule has 0 aromatic heterocycles. The largest absolute Gasteiger partial charge is 0.446 e. The van der Waals surface area contributed by atoms with Crippen molar-refractivity contribution < 1.29 is 35.2 Å². The number of amides is 1. The van der Waals surface area contributed by atoms with Crippen molar-refractivity contribution in [2.24, 2.45) is 0 Å². The molecule has 2 aromatic rings. The van der Waals surface area contributed by atoms with Gasteiger partial charge in [0.2, 0.25) is 10.0 Å². The lowest BCUT2D eigenvalue weighted by Gasteiger charge is -2.34. The highest BCUT2D eigenvalue weighted by Crippen LogP contribution is 2.36. The summed E-state index contributed by atoms with van der Waals surface area (Å²) in [6.45, 7) is -0.423. The second-order valence-corrected chi connectivity index (χ2v) is 9.33. The normalized spacial score (nSPS) is 16.0. The summed E-state index contributed by atoms with van der Waals surface area (Å²) in [4.78, 5) is 12.8. The molecule has 0 radical (unpaired) electrons. The fourth-order valence-electron chi connectivity index (χ4n) is 2.97. The SMILES string of the molecule is O=C(c1ccc(SC(F)(F)F)cc1)N1CCN(S(=O)(=O)c2c(F)cccc2F)CC1. The van der Waals surface area contributed by atoms with Gasteiger partial charge in [0.1, 0.15) is 11.6 Å². The molecule has 1 aliphatic rings. The Kier molecular flexibility index (Phi) is 6.39. The van der Waals surface area contributed by atoms with E-state index >= 15 is 0 Å². The van der Waals surface area contributed by atoms with Crippen molar-refractivity contribution in [3.05, 3.63) is 59.7 Å². The van der Waals surface area contributed by atoms with E-state index in [9.17, 15) is 35.2 Å². The number of piperazine rings is 1. The molecule has 162 valence electrons. The van der Waals surface area contributed by atoms with Gasteiger partial charge in [-0.05, 0) is 48.2 Å². The molecule has 5 nitrogen and oxygen atoms in total. The van der Waals surface area contributed by atoms with Crippen LogP contribution in [0.5, 0.6) is 0 Å². The average molecular weight is 466 g/mol. The molecular formula is C18H15F5N2O3S2. The fourth-order valence-corrected chi connectivity index (χ4v) is 5.04. The van der Waals surface area contributed by atoms with Gasteiger partial charge < -0.3 is 4.90 Å². The van der Waals surface area contributed by atoms with E-state index in [-0.39, 0.29) is 48.4 Å². The molecule has 1 aliphatic heterocycles. The van der Waals surface area contributed by atoms with E-state index in [1.165, 1.54) is 29.2 Å². The first kappa shape index (κ1) is 22.5. The van der Waals surface area contributed by atoms with Gasteiger partial charge in [-0.3, -0.25) is 4.79 Å². The van der Waals surface area contributed by atoms with Crippen LogP contribution in [0.3, 0.4) is 0 Å². The van der Waals surface area contributed by atoms with Crippen LogP contribution in [0.4, 0.5) is 22.0 Å². The number of rotatable bonds is 4.